The molecule has 0 bridgehead atoms. The number of hydrogen-bond donors (Lipinski definition) is 1. The normalized spacial score (nSPS) is 11.9. The van der Waals surface area contributed by atoms with E-state index in [0.29, 0.717) is 11.5 Å². The molecule has 6 heteroatoms. The number of ether oxygens (including phenoxy) is 2. The molecule has 0 aliphatic carbocycles. The number of benzene rings is 3. The molecule has 0 aliphatic heterocycles. The molecule has 1 aromatic heterocycles. The van der Waals surface area contributed by atoms with Crippen LogP contribution in [-0.4, -0.2) is 25.1 Å². The van der Waals surface area contributed by atoms with Crippen LogP contribution in [0.1, 0.15) is 18.7 Å². The average Bonchev–Trinajstić information content (AvgIpc) is 3.20. The first kappa shape index (κ1) is 19.5. The number of carbonyl (C=O) groups is 2. The van der Waals surface area contributed by atoms with Gasteiger partial charge in [-0.3, -0.25) is 4.79 Å². The first-order valence-electron chi connectivity index (χ1n) is 9.63. The molecule has 0 aliphatic rings. The summed E-state index contributed by atoms with van der Waals surface area (Å²) in [4.78, 5) is 24.0. The fourth-order valence-electron chi connectivity index (χ4n) is 3.16. The largest absolute Gasteiger partial charge is 0.482 e. The van der Waals surface area contributed by atoms with Crippen molar-refractivity contribution in [3.8, 4) is 5.75 Å². The van der Waals surface area contributed by atoms with Crippen LogP contribution < -0.4 is 10.1 Å². The molecule has 1 amide bonds. The predicted molar refractivity (Wildman–Crippen MR) is 113 cm³/mol. The summed E-state index contributed by atoms with van der Waals surface area (Å²) in [5, 5.41) is 5.82. The van der Waals surface area contributed by atoms with Crippen LogP contribution in [0, 0.1) is 0 Å². The van der Waals surface area contributed by atoms with Crippen molar-refractivity contribution in [3.63, 3.8) is 0 Å². The summed E-state index contributed by atoms with van der Waals surface area (Å²) in [6, 6.07) is 22.6. The van der Waals surface area contributed by atoms with Gasteiger partial charge in [-0.1, -0.05) is 48.5 Å². The third-order valence-electron chi connectivity index (χ3n) is 4.69. The molecule has 4 rings (SSSR count). The number of esters is 1. The van der Waals surface area contributed by atoms with Crippen molar-refractivity contribution in [3.05, 3.63) is 78.6 Å². The highest BCUT2D eigenvalue weighted by atomic mass is 16.6. The minimum Gasteiger partial charge on any atom is -0.482 e. The highest BCUT2D eigenvalue weighted by Gasteiger charge is 2.15. The molecular formula is C24H21NO5. The molecule has 1 N–H and O–H groups in total. The van der Waals surface area contributed by atoms with Crippen LogP contribution >= 0.6 is 0 Å². The fourth-order valence-corrected chi connectivity index (χ4v) is 3.16. The number of carbonyl (C=O) groups excluding carboxylic acids is 2. The number of fused-ring (bicyclic) bond motifs is 2. The molecule has 0 fully saturated rings. The Morgan fingerprint density at radius 3 is 2.43 bits per heavy atom. The third kappa shape index (κ3) is 4.60. The van der Waals surface area contributed by atoms with Crippen LogP contribution in [0.2, 0.25) is 0 Å². The van der Waals surface area contributed by atoms with Gasteiger partial charge in [0.1, 0.15) is 17.1 Å². The van der Waals surface area contributed by atoms with Gasteiger partial charge >= 0.3 is 5.97 Å². The molecule has 0 radical (unpaired) electrons. The van der Waals surface area contributed by atoms with E-state index in [-0.39, 0.29) is 19.3 Å². The van der Waals surface area contributed by atoms with Crippen molar-refractivity contribution in [2.45, 2.75) is 13.0 Å². The Balaban J connectivity index is 1.24. The molecule has 152 valence electrons. The highest BCUT2D eigenvalue weighted by Crippen LogP contribution is 2.23. The van der Waals surface area contributed by atoms with Gasteiger partial charge in [-0.2, -0.15) is 0 Å². The van der Waals surface area contributed by atoms with E-state index < -0.39 is 11.9 Å². The Kier molecular flexibility index (Phi) is 5.66. The number of amides is 1. The van der Waals surface area contributed by atoms with Gasteiger partial charge in [0.05, 0.1) is 6.04 Å². The van der Waals surface area contributed by atoms with Crippen LogP contribution in [0.5, 0.6) is 5.75 Å². The number of furan rings is 1. The first-order valence-corrected chi connectivity index (χ1v) is 9.63. The molecular weight excluding hydrogens is 382 g/mol. The van der Waals surface area contributed by atoms with Crippen molar-refractivity contribution in [2.75, 3.05) is 13.2 Å². The summed E-state index contributed by atoms with van der Waals surface area (Å²) in [5.74, 6) is 0.167. The Morgan fingerprint density at radius 2 is 1.63 bits per heavy atom. The topological polar surface area (TPSA) is 77.8 Å². The fraction of sp³-hybridized carbons (Fsp3) is 0.167. The lowest BCUT2D eigenvalue weighted by atomic mass is 10.1. The summed E-state index contributed by atoms with van der Waals surface area (Å²) in [7, 11) is 0. The van der Waals surface area contributed by atoms with E-state index in [4.69, 9.17) is 13.9 Å². The van der Waals surface area contributed by atoms with Crippen LogP contribution in [-0.2, 0) is 14.3 Å². The molecule has 0 unspecified atom stereocenters. The van der Waals surface area contributed by atoms with Gasteiger partial charge in [0.25, 0.3) is 5.91 Å². The number of nitrogens with one attached hydrogen (secondary N) is 1. The van der Waals surface area contributed by atoms with E-state index in [1.165, 1.54) is 0 Å². The van der Waals surface area contributed by atoms with Gasteiger partial charge in [0.15, 0.2) is 13.2 Å². The number of rotatable bonds is 7. The van der Waals surface area contributed by atoms with E-state index in [1.54, 1.807) is 13.0 Å². The van der Waals surface area contributed by atoms with Crippen molar-refractivity contribution >= 4 is 33.6 Å². The van der Waals surface area contributed by atoms with Crippen molar-refractivity contribution in [2.24, 2.45) is 0 Å². The molecule has 30 heavy (non-hydrogen) atoms. The average molecular weight is 403 g/mol. The van der Waals surface area contributed by atoms with E-state index in [1.807, 2.05) is 66.7 Å². The summed E-state index contributed by atoms with van der Waals surface area (Å²) < 4.78 is 16.2. The minimum absolute atomic E-state index is 0.273. The molecule has 0 saturated carbocycles. The van der Waals surface area contributed by atoms with E-state index in [0.717, 1.165) is 21.7 Å². The van der Waals surface area contributed by atoms with Crippen molar-refractivity contribution in [1.82, 2.24) is 5.32 Å². The molecule has 6 nitrogen and oxygen atoms in total. The summed E-state index contributed by atoms with van der Waals surface area (Å²) in [5.41, 5.74) is 0.755. The van der Waals surface area contributed by atoms with Gasteiger partial charge in [0, 0.05) is 5.39 Å². The monoisotopic (exact) mass is 403 g/mol. The van der Waals surface area contributed by atoms with E-state index in [9.17, 15) is 9.59 Å². The first-order chi connectivity index (χ1) is 14.6. The van der Waals surface area contributed by atoms with Crippen LogP contribution in [0.3, 0.4) is 0 Å². The third-order valence-corrected chi connectivity index (χ3v) is 4.69. The maximum Gasteiger partial charge on any atom is 0.344 e. The second-order valence-electron chi connectivity index (χ2n) is 6.93. The van der Waals surface area contributed by atoms with Crippen LogP contribution in [0.15, 0.2) is 77.2 Å². The van der Waals surface area contributed by atoms with Gasteiger partial charge in [-0.25, -0.2) is 4.79 Å². The zero-order valence-corrected chi connectivity index (χ0v) is 16.5. The zero-order chi connectivity index (χ0) is 20.9. The Hall–Kier alpha value is -3.80. The molecule has 1 heterocycles. The second-order valence-corrected chi connectivity index (χ2v) is 6.93. The Bertz CT molecular complexity index is 1160. The smallest absolute Gasteiger partial charge is 0.344 e. The predicted octanol–water partition coefficient (Wildman–Crippen LogP) is 4.39. The molecule has 1 atom stereocenters. The highest BCUT2D eigenvalue weighted by molar-refractivity contribution is 5.84. The Morgan fingerprint density at radius 1 is 0.900 bits per heavy atom. The SMILES string of the molecule is C[C@@H](NC(=O)COC(=O)COc1ccc2ccccc2c1)c1cc2ccccc2o1. The second kappa shape index (κ2) is 8.69. The summed E-state index contributed by atoms with van der Waals surface area (Å²) >= 11 is 0. The molecule has 4 aromatic rings. The number of para-hydroxylation sites is 1. The number of hydrogen-bond acceptors (Lipinski definition) is 5. The minimum atomic E-state index is -0.616. The lowest BCUT2D eigenvalue weighted by Crippen LogP contribution is -2.31. The van der Waals surface area contributed by atoms with E-state index in [2.05, 4.69) is 5.32 Å². The molecule has 3 aromatic carbocycles. The van der Waals surface area contributed by atoms with Gasteiger partial charge in [-0.15, -0.1) is 0 Å². The maximum atomic E-state index is 12.1. The standard InChI is InChI=1S/C24H21NO5/c1-16(22-13-19-8-4-5-9-21(19)30-22)25-23(26)14-29-24(27)15-28-20-11-10-17-6-2-3-7-18(17)12-20/h2-13,16H,14-15H2,1H3,(H,25,26)/t16-/m1/s1. The quantitative estimate of drug-likeness (QED) is 0.463. The van der Waals surface area contributed by atoms with Gasteiger partial charge in [0.2, 0.25) is 0 Å². The van der Waals surface area contributed by atoms with E-state index >= 15 is 0 Å². The van der Waals surface area contributed by atoms with Crippen LogP contribution in [0.4, 0.5) is 0 Å². The summed E-state index contributed by atoms with van der Waals surface area (Å²) in [6.07, 6.45) is 0. The van der Waals surface area contributed by atoms with Crippen molar-refractivity contribution < 1.29 is 23.5 Å². The van der Waals surface area contributed by atoms with Gasteiger partial charge < -0.3 is 19.2 Å². The van der Waals surface area contributed by atoms with Crippen molar-refractivity contribution in [1.29, 1.82) is 0 Å². The Labute approximate surface area is 173 Å². The lowest BCUT2D eigenvalue weighted by Gasteiger charge is -2.12. The van der Waals surface area contributed by atoms with Gasteiger partial charge in [-0.05, 0) is 42.0 Å². The maximum absolute atomic E-state index is 12.1. The zero-order valence-electron chi connectivity index (χ0n) is 16.5. The summed E-state index contributed by atoms with van der Waals surface area (Å²) in [6.45, 7) is 1.15. The molecule has 0 saturated heterocycles. The molecule has 0 spiro atoms. The lowest BCUT2D eigenvalue weighted by molar-refractivity contribution is -0.150. The van der Waals surface area contributed by atoms with Crippen LogP contribution in [0.25, 0.3) is 21.7 Å².